The van der Waals surface area contributed by atoms with Gasteiger partial charge in [0.05, 0.1) is 5.70 Å². The number of hydrogen-bond acceptors (Lipinski definition) is 6. The molecular formula is C31H37ClN6O. The van der Waals surface area contributed by atoms with Gasteiger partial charge in [-0.25, -0.2) is 4.98 Å². The van der Waals surface area contributed by atoms with Gasteiger partial charge < -0.3 is 14.7 Å². The van der Waals surface area contributed by atoms with Crippen LogP contribution in [0.3, 0.4) is 0 Å². The van der Waals surface area contributed by atoms with Gasteiger partial charge in [0.15, 0.2) is 5.82 Å². The fraction of sp³-hybridized carbons (Fsp3) is 0.516. The van der Waals surface area contributed by atoms with Crippen LogP contribution in [0.2, 0.25) is 5.02 Å². The number of piperazine rings is 1. The predicted octanol–water partition coefficient (Wildman–Crippen LogP) is 5.41. The molecule has 4 fully saturated rings. The van der Waals surface area contributed by atoms with Gasteiger partial charge in [0.2, 0.25) is 5.96 Å². The SMILES string of the molecule is CC[C@H]1CN(C2=Nc3ncccc3C(=C3CC3)N2C2CC2)CCN1C1CCN(C(=O)c2ccc(Cl)cc2)CC1. The van der Waals surface area contributed by atoms with E-state index in [4.69, 9.17) is 16.6 Å². The molecule has 7 nitrogen and oxygen atoms in total. The standard InChI is InChI=1S/C31H37ClN6O/c1-2-24-20-36(31-34-29-27(4-3-15-33-29)28(21-5-6-21)38(31)26-11-12-26)18-19-37(24)25-13-16-35(17-14-25)30(39)22-7-9-23(32)10-8-22/h3-4,7-10,15,24-26H,2,5-6,11-14,16-20H2,1H3/t24-/m0/s1. The van der Waals surface area contributed by atoms with Crippen molar-refractivity contribution < 1.29 is 4.79 Å². The number of piperidine rings is 1. The molecule has 1 amide bonds. The Kier molecular flexibility index (Phi) is 6.60. The number of aromatic nitrogens is 1. The molecule has 39 heavy (non-hydrogen) atoms. The van der Waals surface area contributed by atoms with E-state index in [1.807, 2.05) is 29.3 Å². The van der Waals surface area contributed by atoms with Crippen molar-refractivity contribution in [2.75, 3.05) is 32.7 Å². The first-order valence-corrected chi connectivity index (χ1v) is 15.1. The van der Waals surface area contributed by atoms with Crippen LogP contribution in [0.15, 0.2) is 53.2 Å². The maximum atomic E-state index is 13.0. The van der Waals surface area contributed by atoms with Crippen LogP contribution in [0, 0.1) is 0 Å². The third kappa shape index (κ3) is 4.84. The summed E-state index contributed by atoms with van der Waals surface area (Å²) in [4.78, 5) is 32.8. The molecule has 3 aliphatic heterocycles. The third-order valence-corrected chi connectivity index (χ3v) is 9.30. The number of rotatable bonds is 4. The minimum atomic E-state index is 0.118. The molecular weight excluding hydrogens is 508 g/mol. The number of amides is 1. The lowest BCUT2D eigenvalue weighted by molar-refractivity contribution is 0.0281. The molecule has 1 aromatic carbocycles. The van der Waals surface area contributed by atoms with Crippen molar-refractivity contribution in [1.82, 2.24) is 24.6 Å². The zero-order valence-electron chi connectivity index (χ0n) is 22.7. The molecule has 8 heteroatoms. The highest BCUT2D eigenvalue weighted by atomic mass is 35.5. The van der Waals surface area contributed by atoms with Crippen molar-refractivity contribution in [3.8, 4) is 0 Å². The van der Waals surface area contributed by atoms with Crippen LogP contribution in [0.25, 0.3) is 5.70 Å². The second-order valence-electron chi connectivity index (χ2n) is 11.6. The van der Waals surface area contributed by atoms with Crippen molar-refractivity contribution in [1.29, 1.82) is 0 Å². The molecule has 0 unspecified atom stereocenters. The predicted molar refractivity (Wildman–Crippen MR) is 155 cm³/mol. The number of guanidine groups is 1. The quantitative estimate of drug-likeness (QED) is 0.515. The number of hydrogen-bond donors (Lipinski definition) is 0. The van der Waals surface area contributed by atoms with E-state index in [9.17, 15) is 4.79 Å². The van der Waals surface area contributed by atoms with Gasteiger partial charge in [0.25, 0.3) is 5.91 Å². The highest BCUT2D eigenvalue weighted by Crippen LogP contribution is 2.47. The highest BCUT2D eigenvalue weighted by Gasteiger charge is 2.44. The summed E-state index contributed by atoms with van der Waals surface area (Å²) < 4.78 is 0. The number of fused-ring (bicyclic) bond motifs is 1. The summed E-state index contributed by atoms with van der Waals surface area (Å²) in [5.74, 6) is 2.12. The Hall–Kier alpha value is -2.90. The molecule has 2 saturated carbocycles. The number of aliphatic imine (C=N–C) groups is 1. The maximum absolute atomic E-state index is 13.0. The number of allylic oxidation sites excluding steroid dienone is 1. The summed E-state index contributed by atoms with van der Waals surface area (Å²) in [5, 5.41) is 0.662. The molecule has 1 atom stereocenters. The fourth-order valence-corrected chi connectivity index (χ4v) is 6.81. The molecule has 7 rings (SSSR count). The molecule has 0 bridgehead atoms. The summed E-state index contributed by atoms with van der Waals surface area (Å²) in [6, 6.07) is 13.1. The van der Waals surface area contributed by atoms with Gasteiger partial charge in [-0.1, -0.05) is 18.5 Å². The summed E-state index contributed by atoms with van der Waals surface area (Å²) >= 11 is 6.02. The van der Waals surface area contributed by atoms with Crippen molar-refractivity contribution in [3.05, 3.63) is 64.3 Å². The van der Waals surface area contributed by atoms with Crippen molar-refractivity contribution >= 4 is 35.0 Å². The first-order chi connectivity index (χ1) is 19.1. The first kappa shape index (κ1) is 25.1. The minimum Gasteiger partial charge on any atom is -0.339 e. The molecule has 5 aliphatic rings. The molecule has 0 radical (unpaired) electrons. The lowest BCUT2D eigenvalue weighted by Crippen LogP contribution is -2.61. The molecule has 4 heterocycles. The van der Waals surface area contributed by atoms with Gasteiger partial charge in [0, 0.05) is 73.2 Å². The smallest absolute Gasteiger partial charge is 0.253 e. The maximum Gasteiger partial charge on any atom is 0.253 e. The number of likely N-dealkylation sites (tertiary alicyclic amines) is 1. The van der Waals surface area contributed by atoms with Crippen LogP contribution in [0.5, 0.6) is 0 Å². The average molecular weight is 545 g/mol. The van der Waals surface area contributed by atoms with E-state index in [0.717, 1.165) is 69.3 Å². The van der Waals surface area contributed by atoms with E-state index in [2.05, 4.69) is 32.7 Å². The van der Waals surface area contributed by atoms with Gasteiger partial charge >= 0.3 is 0 Å². The molecule has 1 aromatic heterocycles. The third-order valence-electron chi connectivity index (χ3n) is 9.05. The molecule has 204 valence electrons. The van der Waals surface area contributed by atoms with E-state index in [1.165, 1.54) is 36.9 Å². The number of pyridine rings is 1. The van der Waals surface area contributed by atoms with Crippen LogP contribution in [-0.2, 0) is 0 Å². The van der Waals surface area contributed by atoms with Crippen molar-refractivity contribution in [2.45, 2.75) is 70.0 Å². The minimum absolute atomic E-state index is 0.118. The number of halogens is 1. The number of carbonyl (C=O) groups is 1. The van der Waals surface area contributed by atoms with E-state index in [-0.39, 0.29) is 5.91 Å². The Bertz CT molecular complexity index is 1300. The second-order valence-corrected chi connectivity index (χ2v) is 12.1. The van der Waals surface area contributed by atoms with Gasteiger partial charge in [-0.3, -0.25) is 9.69 Å². The van der Waals surface area contributed by atoms with Crippen LogP contribution in [-0.4, -0.2) is 87.3 Å². The van der Waals surface area contributed by atoms with Crippen LogP contribution in [0.4, 0.5) is 5.82 Å². The number of nitrogens with zero attached hydrogens (tertiary/aromatic N) is 6. The Balaban J connectivity index is 1.05. The Morgan fingerprint density at radius 1 is 0.974 bits per heavy atom. The lowest BCUT2D eigenvalue weighted by Gasteiger charge is -2.49. The van der Waals surface area contributed by atoms with Crippen LogP contribution >= 0.6 is 11.6 Å². The van der Waals surface area contributed by atoms with Gasteiger partial charge in [-0.05, 0) is 86.9 Å². The number of carbonyl (C=O) groups excluding carboxylic acids is 1. The average Bonchev–Trinajstić information content (AvgIpc) is 3.90. The second kappa shape index (κ2) is 10.3. The highest BCUT2D eigenvalue weighted by molar-refractivity contribution is 6.30. The monoisotopic (exact) mass is 544 g/mol. The summed E-state index contributed by atoms with van der Waals surface area (Å²) in [6.07, 6.45) is 9.93. The summed E-state index contributed by atoms with van der Waals surface area (Å²) in [5.41, 5.74) is 4.90. The van der Waals surface area contributed by atoms with Gasteiger partial charge in [0.1, 0.15) is 0 Å². The van der Waals surface area contributed by atoms with Crippen LogP contribution < -0.4 is 0 Å². The van der Waals surface area contributed by atoms with Crippen molar-refractivity contribution in [3.63, 3.8) is 0 Å². The molecule has 2 aliphatic carbocycles. The van der Waals surface area contributed by atoms with E-state index in [1.54, 1.807) is 17.7 Å². The van der Waals surface area contributed by atoms with Crippen molar-refractivity contribution in [2.24, 2.45) is 4.99 Å². The Morgan fingerprint density at radius 3 is 2.44 bits per heavy atom. The van der Waals surface area contributed by atoms with Gasteiger partial charge in [-0.15, -0.1) is 0 Å². The topological polar surface area (TPSA) is 55.3 Å². The summed E-state index contributed by atoms with van der Waals surface area (Å²) in [7, 11) is 0. The van der Waals surface area contributed by atoms with E-state index in [0.29, 0.717) is 23.1 Å². The van der Waals surface area contributed by atoms with Crippen LogP contribution in [0.1, 0.15) is 67.8 Å². The lowest BCUT2D eigenvalue weighted by atomic mass is 9.97. The normalized spacial score (nSPS) is 24.1. The molecule has 2 aromatic rings. The number of benzene rings is 1. The zero-order valence-corrected chi connectivity index (χ0v) is 23.5. The molecule has 0 N–H and O–H groups in total. The van der Waals surface area contributed by atoms with E-state index < -0.39 is 0 Å². The zero-order chi connectivity index (χ0) is 26.5. The largest absolute Gasteiger partial charge is 0.339 e. The fourth-order valence-electron chi connectivity index (χ4n) is 6.68. The molecule has 2 saturated heterocycles. The Labute approximate surface area is 236 Å². The van der Waals surface area contributed by atoms with E-state index >= 15 is 0 Å². The molecule has 0 spiro atoms. The first-order valence-electron chi connectivity index (χ1n) is 14.7. The Morgan fingerprint density at radius 2 is 1.74 bits per heavy atom. The summed E-state index contributed by atoms with van der Waals surface area (Å²) in [6.45, 7) is 6.94. The van der Waals surface area contributed by atoms with Gasteiger partial charge in [-0.2, -0.15) is 4.99 Å².